The van der Waals surface area contributed by atoms with Gasteiger partial charge in [-0.2, -0.15) is 0 Å². The Labute approximate surface area is 137 Å². The highest BCUT2D eigenvalue weighted by molar-refractivity contribution is 5.07. The molecular weight excluding hydrogens is 290 g/mol. The molecule has 3 heterocycles. The van der Waals surface area contributed by atoms with Crippen LogP contribution < -0.4 is 0 Å². The van der Waals surface area contributed by atoms with Gasteiger partial charge in [0, 0.05) is 38.4 Å². The van der Waals surface area contributed by atoms with Gasteiger partial charge in [0.1, 0.15) is 0 Å². The van der Waals surface area contributed by atoms with Crippen molar-refractivity contribution in [2.45, 2.75) is 32.9 Å². The second kappa shape index (κ2) is 7.66. The lowest BCUT2D eigenvalue weighted by molar-refractivity contribution is 0.243. The maximum Gasteiger partial charge on any atom is 0.230 e. The molecule has 0 aliphatic carbocycles. The van der Waals surface area contributed by atoms with Crippen LogP contribution in [0.2, 0.25) is 0 Å². The van der Waals surface area contributed by atoms with Gasteiger partial charge in [-0.15, -0.1) is 10.2 Å². The second-order valence-electron chi connectivity index (χ2n) is 6.39. The summed E-state index contributed by atoms with van der Waals surface area (Å²) in [6.07, 6.45) is 5.79. The van der Waals surface area contributed by atoms with Crippen molar-refractivity contribution in [1.29, 1.82) is 0 Å². The van der Waals surface area contributed by atoms with E-state index in [4.69, 9.17) is 4.42 Å². The Kier molecular flexibility index (Phi) is 5.35. The Bertz CT molecular complexity index is 600. The number of aromatic nitrogens is 3. The lowest BCUT2D eigenvalue weighted by Crippen LogP contribution is -2.28. The van der Waals surface area contributed by atoms with Crippen molar-refractivity contribution in [2.24, 2.45) is 5.92 Å². The molecule has 2 aromatic heterocycles. The molecule has 1 fully saturated rings. The minimum Gasteiger partial charge on any atom is -0.424 e. The molecule has 0 saturated carbocycles. The van der Waals surface area contributed by atoms with E-state index in [1.54, 1.807) is 0 Å². The summed E-state index contributed by atoms with van der Waals surface area (Å²) in [6.45, 7) is 7.07. The average Bonchev–Trinajstić information content (AvgIpc) is 3.18. The first-order valence-corrected chi connectivity index (χ1v) is 8.34. The number of rotatable bonds is 7. The van der Waals surface area contributed by atoms with E-state index in [-0.39, 0.29) is 0 Å². The summed E-state index contributed by atoms with van der Waals surface area (Å²) in [5.41, 5.74) is 1.27. The van der Waals surface area contributed by atoms with Gasteiger partial charge in [-0.05, 0) is 37.6 Å². The summed E-state index contributed by atoms with van der Waals surface area (Å²) in [4.78, 5) is 8.97. The van der Waals surface area contributed by atoms with E-state index in [1.165, 1.54) is 12.0 Å². The molecule has 2 aromatic rings. The molecule has 0 N–H and O–H groups in total. The lowest BCUT2D eigenvalue weighted by Gasteiger charge is -2.21. The summed E-state index contributed by atoms with van der Waals surface area (Å²) in [5.74, 6) is 2.17. The quantitative estimate of drug-likeness (QED) is 0.779. The SMILES string of the molecule is CCc1nnc(CN2CCC(CN(C)Cc3cccnc3)C2)o1. The van der Waals surface area contributed by atoms with Crippen LogP contribution in [0.15, 0.2) is 28.9 Å². The maximum atomic E-state index is 5.61. The van der Waals surface area contributed by atoms with Gasteiger partial charge >= 0.3 is 0 Å². The predicted molar refractivity (Wildman–Crippen MR) is 87.6 cm³/mol. The summed E-state index contributed by atoms with van der Waals surface area (Å²) in [7, 11) is 2.18. The highest BCUT2D eigenvalue weighted by Crippen LogP contribution is 2.19. The fourth-order valence-electron chi connectivity index (χ4n) is 3.20. The van der Waals surface area contributed by atoms with Crippen molar-refractivity contribution < 1.29 is 4.42 Å². The summed E-state index contributed by atoms with van der Waals surface area (Å²) >= 11 is 0. The van der Waals surface area contributed by atoms with Gasteiger partial charge in [-0.3, -0.25) is 9.88 Å². The molecule has 0 radical (unpaired) electrons. The molecule has 1 unspecified atom stereocenters. The van der Waals surface area contributed by atoms with Crippen LogP contribution in [0, 0.1) is 5.92 Å². The van der Waals surface area contributed by atoms with Crippen LogP contribution in [0.25, 0.3) is 0 Å². The van der Waals surface area contributed by atoms with Gasteiger partial charge in [-0.25, -0.2) is 0 Å². The molecule has 6 heteroatoms. The number of nitrogens with zero attached hydrogens (tertiary/aromatic N) is 5. The smallest absolute Gasteiger partial charge is 0.230 e. The minimum atomic E-state index is 0.699. The lowest BCUT2D eigenvalue weighted by atomic mass is 10.1. The van der Waals surface area contributed by atoms with Crippen molar-refractivity contribution >= 4 is 0 Å². The van der Waals surface area contributed by atoms with Gasteiger partial charge < -0.3 is 9.32 Å². The first-order valence-electron chi connectivity index (χ1n) is 8.34. The van der Waals surface area contributed by atoms with Gasteiger partial charge in [-0.1, -0.05) is 13.0 Å². The van der Waals surface area contributed by atoms with Crippen LogP contribution in [0.4, 0.5) is 0 Å². The Morgan fingerprint density at radius 2 is 2.22 bits per heavy atom. The minimum absolute atomic E-state index is 0.699. The van der Waals surface area contributed by atoms with E-state index < -0.39 is 0 Å². The van der Waals surface area contributed by atoms with E-state index in [1.807, 2.05) is 25.4 Å². The third-order valence-corrected chi connectivity index (χ3v) is 4.29. The Morgan fingerprint density at radius 1 is 1.35 bits per heavy atom. The molecule has 1 aliphatic rings. The fraction of sp³-hybridized carbons (Fsp3) is 0.588. The molecule has 23 heavy (non-hydrogen) atoms. The Hall–Kier alpha value is -1.79. The molecule has 0 spiro atoms. The molecule has 1 aliphatic heterocycles. The zero-order valence-corrected chi connectivity index (χ0v) is 14.0. The van der Waals surface area contributed by atoms with Crippen molar-refractivity contribution in [3.8, 4) is 0 Å². The summed E-state index contributed by atoms with van der Waals surface area (Å²) in [5, 5.41) is 8.15. The third-order valence-electron chi connectivity index (χ3n) is 4.29. The fourth-order valence-corrected chi connectivity index (χ4v) is 3.20. The number of aryl methyl sites for hydroxylation is 1. The van der Waals surface area contributed by atoms with Gasteiger partial charge in [0.05, 0.1) is 6.54 Å². The zero-order chi connectivity index (χ0) is 16.1. The van der Waals surface area contributed by atoms with Gasteiger partial charge in [0.2, 0.25) is 11.8 Å². The van der Waals surface area contributed by atoms with Gasteiger partial charge in [0.25, 0.3) is 0 Å². The van der Waals surface area contributed by atoms with E-state index in [2.05, 4.69) is 38.1 Å². The normalized spacial score (nSPS) is 18.8. The maximum absolute atomic E-state index is 5.61. The number of pyridine rings is 1. The van der Waals surface area contributed by atoms with Crippen LogP contribution in [-0.4, -0.2) is 51.7 Å². The first-order chi connectivity index (χ1) is 11.2. The van der Waals surface area contributed by atoms with E-state index >= 15 is 0 Å². The second-order valence-corrected chi connectivity index (χ2v) is 6.39. The molecule has 3 rings (SSSR count). The van der Waals surface area contributed by atoms with Crippen LogP contribution >= 0.6 is 0 Å². The zero-order valence-electron chi connectivity index (χ0n) is 14.0. The highest BCUT2D eigenvalue weighted by atomic mass is 16.4. The Balaban J connectivity index is 1.44. The average molecular weight is 315 g/mol. The molecule has 0 amide bonds. The number of hydrogen-bond acceptors (Lipinski definition) is 6. The molecule has 6 nitrogen and oxygen atoms in total. The molecule has 124 valence electrons. The van der Waals surface area contributed by atoms with Gasteiger partial charge in [0.15, 0.2) is 0 Å². The standard InChI is InChI=1S/C17H25N5O/c1-3-16-19-20-17(23-16)13-22-8-6-15(12-22)11-21(2)10-14-5-4-7-18-9-14/h4-5,7,9,15H,3,6,8,10-13H2,1-2H3. The van der Waals surface area contributed by atoms with E-state index in [0.29, 0.717) is 5.92 Å². The number of likely N-dealkylation sites (tertiary alicyclic amines) is 1. The van der Waals surface area contributed by atoms with Crippen LogP contribution in [0.5, 0.6) is 0 Å². The van der Waals surface area contributed by atoms with E-state index in [0.717, 1.165) is 50.9 Å². The van der Waals surface area contributed by atoms with Crippen LogP contribution in [0.3, 0.4) is 0 Å². The first kappa shape index (κ1) is 16.1. The third kappa shape index (κ3) is 4.59. The van der Waals surface area contributed by atoms with Crippen molar-refractivity contribution in [1.82, 2.24) is 25.0 Å². The summed E-state index contributed by atoms with van der Waals surface area (Å²) in [6, 6.07) is 4.13. The van der Waals surface area contributed by atoms with Crippen LogP contribution in [-0.2, 0) is 19.5 Å². The van der Waals surface area contributed by atoms with Crippen molar-refractivity contribution in [2.75, 3.05) is 26.7 Å². The highest BCUT2D eigenvalue weighted by Gasteiger charge is 2.24. The topological polar surface area (TPSA) is 58.3 Å². The molecule has 1 saturated heterocycles. The van der Waals surface area contributed by atoms with Crippen molar-refractivity contribution in [3.05, 3.63) is 41.9 Å². The molecule has 0 aromatic carbocycles. The molecular formula is C17H25N5O. The largest absolute Gasteiger partial charge is 0.424 e. The van der Waals surface area contributed by atoms with Crippen molar-refractivity contribution in [3.63, 3.8) is 0 Å². The summed E-state index contributed by atoms with van der Waals surface area (Å²) < 4.78 is 5.61. The predicted octanol–water partition coefficient (Wildman–Crippen LogP) is 1.98. The monoisotopic (exact) mass is 315 g/mol. The van der Waals surface area contributed by atoms with E-state index in [9.17, 15) is 0 Å². The number of hydrogen-bond donors (Lipinski definition) is 0. The van der Waals surface area contributed by atoms with Crippen LogP contribution in [0.1, 0.15) is 30.7 Å². The molecule has 1 atom stereocenters. The molecule has 0 bridgehead atoms. The Morgan fingerprint density at radius 3 is 2.96 bits per heavy atom.